The van der Waals surface area contributed by atoms with Crippen molar-refractivity contribution in [3.05, 3.63) is 70.7 Å². The lowest BCUT2D eigenvalue weighted by molar-refractivity contribution is -0.139. The molecule has 25 heavy (non-hydrogen) atoms. The second kappa shape index (κ2) is 9.23. The largest absolute Gasteiger partial charge is 0.355 e. The number of amides is 2. The molecule has 2 amide bonds. The molecule has 2 aromatic carbocycles. The number of nitrogens with zero attached hydrogens (tertiary/aromatic N) is 1. The maximum absolute atomic E-state index is 12.6. The Hall–Kier alpha value is -2.33. The van der Waals surface area contributed by atoms with Crippen LogP contribution in [-0.2, 0) is 22.6 Å². The molecule has 1 N–H and O–H groups in total. The molecule has 0 aliphatic carbocycles. The van der Waals surface area contributed by atoms with Crippen LogP contribution < -0.4 is 5.32 Å². The predicted molar refractivity (Wildman–Crippen MR) is 100 cm³/mol. The highest BCUT2D eigenvalue weighted by atomic mass is 35.5. The van der Waals surface area contributed by atoms with Crippen LogP contribution in [0.15, 0.2) is 54.6 Å². The van der Waals surface area contributed by atoms with Gasteiger partial charge in [-0.1, -0.05) is 54.1 Å². The minimum absolute atomic E-state index is 0.137. The van der Waals surface area contributed by atoms with Crippen molar-refractivity contribution in [2.24, 2.45) is 0 Å². The second-order valence-electron chi connectivity index (χ2n) is 5.87. The number of rotatable bonds is 7. The molecule has 0 bridgehead atoms. The quantitative estimate of drug-likeness (QED) is 0.824. The molecule has 0 aromatic heterocycles. The molecular formula is C20H23ClN2O2. The van der Waals surface area contributed by atoms with E-state index >= 15 is 0 Å². The van der Waals surface area contributed by atoms with Crippen molar-refractivity contribution in [2.75, 3.05) is 6.54 Å². The molecule has 1 atom stereocenters. The number of hydrogen-bond acceptors (Lipinski definition) is 2. The molecule has 0 spiro atoms. The van der Waals surface area contributed by atoms with Gasteiger partial charge in [0.25, 0.3) is 0 Å². The fourth-order valence-electron chi connectivity index (χ4n) is 2.70. The van der Waals surface area contributed by atoms with Gasteiger partial charge in [0.05, 0.1) is 0 Å². The van der Waals surface area contributed by atoms with E-state index in [1.54, 1.807) is 17.0 Å². The maximum atomic E-state index is 12.6. The number of carbonyl (C=O) groups excluding carboxylic acids is 2. The second-order valence-corrected chi connectivity index (χ2v) is 6.31. The standard InChI is InChI=1S/C20H23ClN2O2/c1-3-22-20(25)19(13-16-7-5-4-6-8-16)23(15(2)24)14-17-9-11-18(21)12-10-17/h4-12,19H,3,13-14H2,1-2H3,(H,22,25). The zero-order chi connectivity index (χ0) is 18.2. The van der Waals surface area contributed by atoms with Crippen LogP contribution >= 0.6 is 11.6 Å². The van der Waals surface area contributed by atoms with Crippen molar-refractivity contribution in [1.29, 1.82) is 0 Å². The fourth-order valence-corrected chi connectivity index (χ4v) is 2.83. The fraction of sp³-hybridized carbons (Fsp3) is 0.300. The smallest absolute Gasteiger partial charge is 0.243 e. The summed E-state index contributed by atoms with van der Waals surface area (Å²) in [7, 11) is 0. The van der Waals surface area contributed by atoms with Gasteiger partial charge in [0, 0.05) is 31.5 Å². The van der Waals surface area contributed by atoms with Gasteiger partial charge in [0.2, 0.25) is 11.8 Å². The molecule has 4 nitrogen and oxygen atoms in total. The van der Waals surface area contributed by atoms with Gasteiger partial charge in [0.1, 0.15) is 6.04 Å². The van der Waals surface area contributed by atoms with Crippen molar-refractivity contribution in [3.63, 3.8) is 0 Å². The highest BCUT2D eigenvalue weighted by molar-refractivity contribution is 6.30. The minimum Gasteiger partial charge on any atom is -0.355 e. The molecule has 0 fully saturated rings. The van der Waals surface area contributed by atoms with E-state index in [2.05, 4.69) is 5.32 Å². The van der Waals surface area contributed by atoms with Crippen LogP contribution in [0.5, 0.6) is 0 Å². The summed E-state index contributed by atoms with van der Waals surface area (Å²) in [5.74, 6) is -0.280. The van der Waals surface area contributed by atoms with Gasteiger partial charge in [0.15, 0.2) is 0 Å². The monoisotopic (exact) mass is 358 g/mol. The van der Waals surface area contributed by atoms with Crippen molar-refractivity contribution >= 4 is 23.4 Å². The normalized spacial score (nSPS) is 11.6. The molecule has 2 aromatic rings. The number of hydrogen-bond donors (Lipinski definition) is 1. The van der Waals surface area contributed by atoms with E-state index in [-0.39, 0.29) is 11.8 Å². The third kappa shape index (κ3) is 5.61. The summed E-state index contributed by atoms with van der Waals surface area (Å²) in [5.41, 5.74) is 1.95. The Kier molecular flexibility index (Phi) is 7.02. The van der Waals surface area contributed by atoms with Crippen LogP contribution in [0.2, 0.25) is 5.02 Å². The number of likely N-dealkylation sites (N-methyl/N-ethyl adjacent to an activating group) is 1. The molecule has 0 saturated carbocycles. The average Bonchev–Trinajstić information content (AvgIpc) is 2.60. The van der Waals surface area contributed by atoms with Gasteiger partial charge in [-0.3, -0.25) is 9.59 Å². The molecule has 0 aliphatic rings. The third-order valence-electron chi connectivity index (χ3n) is 3.97. The van der Waals surface area contributed by atoms with E-state index in [4.69, 9.17) is 11.6 Å². The number of halogens is 1. The molecule has 0 radical (unpaired) electrons. The summed E-state index contributed by atoms with van der Waals surface area (Å²) < 4.78 is 0. The number of benzene rings is 2. The van der Waals surface area contributed by atoms with E-state index in [1.807, 2.05) is 49.4 Å². The van der Waals surface area contributed by atoms with Crippen molar-refractivity contribution in [3.8, 4) is 0 Å². The van der Waals surface area contributed by atoms with E-state index in [9.17, 15) is 9.59 Å². The summed E-state index contributed by atoms with van der Waals surface area (Å²) in [4.78, 5) is 26.5. The van der Waals surface area contributed by atoms with Crippen LogP contribution in [0, 0.1) is 0 Å². The summed E-state index contributed by atoms with van der Waals surface area (Å²) >= 11 is 5.93. The first-order valence-corrected chi connectivity index (χ1v) is 8.72. The lowest BCUT2D eigenvalue weighted by Gasteiger charge is -2.30. The van der Waals surface area contributed by atoms with Gasteiger partial charge in [-0.15, -0.1) is 0 Å². The maximum Gasteiger partial charge on any atom is 0.243 e. The zero-order valence-electron chi connectivity index (χ0n) is 14.5. The third-order valence-corrected chi connectivity index (χ3v) is 4.22. The van der Waals surface area contributed by atoms with E-state index in [0.29, 0.717) is 24.5 Å². The number of nitrogens with one attached hydrogen (secondary N) is 1. The van der Waals surface area contributed by atoms with Crippen LogP contribution in [0.4, 0.5) is 0 Å². The SMILES string of the molecule is CCNC(=O)C(Cc1ccccc1)N(Cc1ccc(Cl)cc1)C(C)=O. The molecule has 2 rings (SSSR count). The topological polar surface area (TPSA) is 49.4 Å². The first kappa shape index (κ1) is 19.0. The molecule has 0 heterocycles. The summed E-state index contributed by atoms with van der Waals surface area (Å²) in [6, 6.07) is 16.5. The molecule has 1 unspecified atom stereocenters. The minimum atomic E-state index is -0.560. The summed E-state index contributed by atoms with van der Waals surface area (Å²) in [5, 5.41) is 3.48. The molecule has 0 aliphatic heterocycles. The molecular weight excluding hydrogens is 336 g/mol. The predicted octanol–water partition coefficient (Wildman–Crippen LogP) is 3.44. The highest BCUT2D eigenvalue weighted by Gasteiger charge is 2.28. The van der Waals surface area contributed by atoms with Crippen LogP contribution in [0.3, 0.4) is 0 Å². The average molecular weight is 359 g/mol. The van der Waals surface area contributed by atoms with Crippen LogP contribution in [0.25, 0.3) is 0 Å². The zero-order valence-corrected chi connectivity index (χ0v) is 15.3. The Morgan fingerprint density at radius 3 is 2.24 bits per heavy atom. The molecule has 132 valence electrons. The van der Waals surface area contributed by atoms with Crippen molar-refractivity contribution in [1.82, 2.24) is 10.2 Å². The van der Waals surface area contributed by atoms with Gasteiger partial charge < -0.3 is 10.2 Å². The van der Waals surface area contributed by atoms with Crippen LogP contribution in [-0.4, -0.2) is 29.3 Å². The van der Waals surface area contributed by atoms with Gasteiger partial charge in [-0.25, -0.2) is 0 Å². The first-order valence-electron chi connectivity index (χ1n) is 8.34. The van der Waals surface area contributed by atoms with Crippen molar-refractivity contribution in [2.45, 2.75) is 32.9 Å². The first-order chi connectivity index (χ1) is 12.0. The van der Waals surface area contributed by atoms with Crippen LogP contribution in [0.1, 0.15) is 25.0 Å². The lowest BCUT2D eigenvalue weighted by Crippen LogP contribution is -2.49. The van der Waals surface area contributed by atoms with Gasteiger partial charge in [-0.05, 0) is 30.2 Å². The Labute approximate surface area is 153 Å². The Bertz CT molecular complexity index is 701. The Morgan fingerprint density at radius 1 is 1.04 bits per heavy atom. The highest BCUT2D eigenvalue weighted by Crippen LogP contribution is 2.16. The molecule has 5 heteroatoms. The van der Waals surface area contributed by atoms with Gasteiger partial charge >= 0.3 is 0 Å². The van der Waals surface area contributed by atoms with E-state index in [1.165, 1.54) is 6.92 Å². The molecule has 0 saturated heterocycles. The number of carbonyl (C=O) groups is 2. The lowest BCUT2D eigenvalue weighted by atomic mass is 10.0. The Balaban J connectivity index is 2.27. The summed E-state index contributed by atoms with van der Waals surface area (Å²) in [6.45, 7) is 4.25. The van der Waals surface area contributed by atoms with Gasteiger partial charge in [-0.2, -0.15) is 0 Å². The Morgan fingerprint density at radius 2 is 1.68 bits per heavy atom. The van der Waals surface area contributed by atoms with E-state index in [0.717, 1.165) is 11.1 Å². The van der Waals surface area contributed by atoms with E-state index < -0.39 is 6.04 Å². The van der Waals surface area contributed by atoms with Crippen molar-refractivity contribution < 1.29 is 9.59 Å². The summed E-state index contributed by atoms with van der Waals surface area (Å²) in [6.07, 6.45) is 0.472.